The van der Waals surface area contributed by atoms with E-state index in [-0.39, 0.29) is 0 Å². The molecule has 0 radical (unpaired) electrons. The molecule has 4 nitrogen and oxygen atoms in total. The van der Waals surface area contributed by atoms with E-state index >= 15 is 0 Å². The van der Waals surface area contributed by atoms with E-state index in [0.29, 0.717) is 17.7 Å². The van der Waals surface area contributed by atoms with Crippen molar-refractivity contribution in [2.45, 2.75) is 39.5 Å². The van der Waals surface area contributed by atoms with Crippen LogP contribution in [0.3, 0.4) is 0 Å². The fourth-order valence-corrected chi connectivity index (χ4v) is 3.03. The lowest BCUT2D eigenvalue weighted by Crippen LogP contribution is -2.47. The summed E-state index contributed by atoms with van der Waals surface area (Å²) >= 11 is 0. The fourth-order valence-electron chi connectivity index (χ4n) is 3.03. The largest absolute Gasteiger partial charge is 0.340 e. The maximum absolute atomic E-state index is 12.1. The molecule has 2 aliphatic rings. The molecule has 2 rings (SSSR count). The lowest BCUT2D eigenvalue weighted by molar-refractivity contribution is -0.132. The van der Waals surface area contributed by atoms with Crippen molar-refractivity contribution >= 4 is 5.91 Å². The summed E-state index contributed by atoms with van der Waals surface area (Å²) in [6.45, 7) is 11.6. The number of amides is 1. The summed E-state index contributed by atoms with van der Waals surface area (Å²) in [6.07, 6.45) is 4.54. The highest BCUT2D eigenvalue weighted by Gasteiger charge is 2.23. The molecule has 0 bridgehead atoms. The minimum absolute atomic E-state index is 0.338. The van der Waals surface area contributed by atoms with Crippen LogP contribution in [0.2, 0.25) is 0 Å². The molecule has 0 aromatic heterocycles. The van der Waals surface area contributed by atoms with Crippen molar-refractivity contribution in [1.82, 2.24) is 15.1 Å². The third-order valence-electron chi connectivity index (χ3n) is 4.54. The predicted octanol–water partition coefficient (Wildman–Crippen LogP) is 1.32. The molecule has 0 spiro atoms. The molecular weight excluding hydrogens is 238 g/mol. The van der Waals surface area contributed by atoms with Gasteiger partial charge < -0.3 is 15.1 Å². The molecule has 4 heteroatoms. The van der Waals surface area contributed by atoms with E-state index in [0.717, 1.165) is 45.8 Å². The fraction of sp³-hybridized carbons (Fsp3) is 0.933. The van der Waals surface area contributed by atoms with Crippen molar-refractivity contribution in [2.75, 3.05) is 45.8 Å². The quantitative estimate of drug-likeness (QED) is 0.838. The molecule has 2 aliphatic heterocycles. The average molecular weight is 267 g/mol. The SMILES string of the molecule is CC1(C)CCCN(CCC(=O)N2CCNCC2)CC1. The normalized spacial score (nSPS) is 25.1. The smallest absolute Gasteiger partial charge is 0.223 e. The number of carbonyl (C=O) groups excluding carboxylic acids is 1. The van der Waals surface area contributed by atoms with E-state index in [4.69, 9.17) is 0 Å². The van der Waals surface area contributed by atoms with E-state index in [2.05, 4.69) is 24.1 Å². The van der Waals surface area contributed by atoms with Crippen molar-refractivity contribution in [3.63, 3.8) is 0 Å². The first-order valence-electron chi connectivity index (χ1n) is 7.78. The van der Waals surface area contributed by atoms with Gasteiger partial charge in [0.05, 0.1) is 0 Å². The van der Waals surface area contributed by atoms with Gasteiger partial charge in [0.1, 0.15) is 0 Å². The van der Waals surface area contributed by atoms with Gasteiger partial charge in [-0.2, -0.15) is 0 Å². The monoisotopic (exact) mass is 267 g/mol. The number of carbonyl (C=O) groups is 1. The van der Waals surface area contributed by atoms with Gasteiger partial charge in [0, 0.05) is 39.1 Å². The highest BCUT2D eigenvalue weighted by Crippen LogP contribution is 2.29. The highest BCUT2D eigenvalue weighted by molar-refractivity contribution is 5.76. The Morgan fingerprint density at radius 1 is 1.11 bits per heavy atom. The molecule has 110 valence electrons. The number of likely N-dealkylation sites (tertiary alicyclic amines) is 1. The Kier molecular flexibility index (Phi) is 5.22. The number of piperazine rings is 1. The molecule has 0 aromatic rings. The van der Waals surface area contributed by atoms with E-state index in [9.17, 15) is 4.79 Å². The van der Waals surface area contributed by atoms with Crippen LogP contribution >= 0.6 is 0 Å². The summed E-state index contributed by atoms with van der Waals surface area (Å²) in [7, 11) is 0. The molecule has 0 atom stereocenters. The standard InChI is InChI=1S/C15H29N3O/c1-15(2)5-3-9-17(11-6-15)10-4-14(19)18-12-7-16-8-13-18/h16H,3-13H2,1-2H3. The second kappa shape index (κ2) is 6.71. The van der Waals surface area contributed by atoms with Crippen LogP contribution in [0.15, 0.2) is 0 Å². The number of nitrogens with one attached hydrogen (secondary N) is 1. The van der Waals surface area contributed by atoms with E-state index in [1.54, 1.807) is 0 Å². The van der Waals surface area contributed by atoms with Gasteiger partial charge >= 0.3 is 0 Å². The van der Waals surface area contributed by atoms with Gasteiger partial charge in [0.15, 0.2) is 0 Å². The zero-order chi connectivity index (χ0) is 13.7. The Morgan fingerprint density at radius 3 is 2.58 bits per heavy atom. The molecule has 1 N–H and O–H groups in total. The van der Waals surface area contributed by atoms with Crippen LogP contribution in [-0.4, -0.2) is 61.5 Å². The minimum Gasteiger partial charge on any atom is -0.340 e. The summed E-state index contributed by atoms with van der Waals surface area (Å²) in [6, 6.07) is 0. The molecule has 2 fully saturated rings. The van der Waals surface area contributed by atoms with Crippen molar-refractivity contribution in [3.05, 3.63) is 0 Å². The number of rotatable bonds is 3. The minimum atomic E-state index is 0.338. The molecule has 0 aliphatic carbocycles. The maximum atomic E-state index is 12.1. The van der Waals surface area contributed by atoms with E-state index in [1.165, 1.54) is 19.3 Å². The third-order valence-corrected chi connectivity index (χ3v) is 4.54. The Hall–Kier alpha value is -0.610. The summed E-state index contributed by atoms with van der Waals surface area (Å²) < 4.78 is 0. The zero-order valence-electron chi connectivity index (χ0n) is 12.6. The average Bonchev–Trinajstić information content (AvgIpc) is 2.58. The molecule has 0 saturated carbocycles. The van der Waals surface area contributed by atoms with Crippen LogP contribution in [0.25, 0.3) is 0 Å². The Morgan fingerprint density at radius 2 is 1.84 bits per heavy atom. The summed E-state index contributed by atoms with van der Waals surface area (Å²) in [5, 5.41) is 3.29. The van der Waals surface area contributed by atoms with Crippen molar-refractivity contribution in [3.8, 4) is 0 Å². The first-order valence-corrected chi connectivity index (χ1v) is 7.78. The molecule has 2 heterocycles. The van der Waals surface area contributed by atoms with Gasteiger partial charge in [-0.3, -0.25) is 4.79 Å². The van der Waals surface area contributed by atoms with Crippen LogP contribution in [0.4, 0.5) is 0 Å². The van der Waals surface area contributed by atoms with Gasteiger partial charge in [-0.1, -0.05) is 13.8 Å². The van der Waals surface area contributed by atoms with Crippen molar-refractivity contribution < 1.29 is 4.79 Å². The Labute approximate surface area is 117 Å². The van der Waals surface area contributed by atoms with Crippen LogP contribution in [0.1, 0.15) is 39.5 Å². The number of hydrogen-bond donors (Lipinski definition) is 1. The van der Waals surface area contributed by atoms with Gasteiger partial charge in [0.2, 0.25) is 5.91 Å². The second-order valence-corrected chi connectivity index (χ2v) is 6.74. The van der Waals surface area contributed by atoms with Crippen LogP contribution in [0, 0.1) is 5.41 Å². The van der Waals surface area contributed by atoms with E-state index < -0.39 is 0 Å². The number of nitrogens with zero attached hydrogens (tertiary/aromatic N) is 2. The molecule has 2 saturated heterocycles. The van der Waals surface area contributed by atoms with Gasteiger partial charge in [-0.25, -0.2) is 0 Å². The second-order valence-electron chi connectivity index (χ2n) is 6.74. The van der Waals surface area contributed by atoms with Crippen molar-refractivity contribution in [1.29, 1.82) is 0 Å². The van der Waals surface area contributed by atoms with Crippen molar-refractivity contribution in [2.24, 2.45) is 5.41 Å². The van der Waals surface area contributed by atoms with Crippen LogP contribution < -0.4 is 5.32 Å². The Balaban J connectivity index is 1.71. The summed E-state index contributed by atoms with van der Waals surface area (Å²) in [5.41, 5.74) is 0.483. The zero-order valence-corrected chi connectivity index (χ0v) is 12.6. The summed E-state index contributed by atoms with van der Waals surface area (Å²) in [5.74, 6) is 0.338. The van der Waals surface area contributed by atoms with E-state index in [1.807, 2.05) is 4.90 Å². The molecule has 0 aromatic carbocycles. The van der Waals surface area contributed by atoms with Gasteiger partial charge in [-0.05, 0) is 37.8 Å². The summed E-state index contributed by atoms with van der Waals surface area (Å²) in [4.78, 5) is 16.6. The predicted molar refractivity (Wildman–Crippen MR) is 78.1 cm³/mol. The third kappa shape index (κ3) is 4.77. The number of hydrogen-bond acceptors (Lipinski definition) is 3. The first kappa shape index (κ1) is 14.8. The first-order chi connectivity index (χ1) is 9.07. The molecule has 19 heavy (non-hydrogen) atoms. The molecule has 0 unspecified atom stereocenters. The Bertz CT molecular complexity index is 298. The highest BCUT2D eigenvalue weighted by atomic mass is 16.2. The van der Waals surface area contributed by atoms with Gasteiger partial charge in [-0.15, -0.1) is 0 Å². The van der Waals surface area contributed by atoms with Gasteiger partial charge in [0.25, 0.3) is 0 Å². The van der Waals surface area contributed by atoms with Crippen LogP contribution in [-0.2, 0) is 4.79 Å². The molecule has 1 amide bonds. The van der Waals surface area contributed by atoms with Crippen LogP contribution in [0.5, 0.6) is 0 Å². The lowest BCUT2D eigenvalue weighted by Gasteiger charge is -2.29. The topological polar surface area (TPSA) is 35.6 Å². The lowest BCUT2D eigenvalue weighted by atomic mass is 9.85. The maximum Gasteiger partial charge on any atom is 0.223 e. The molecular formula is C15H29N3O.